The third kappa shape index (κ3) is 7.47. The van der Waals surface area contributed by atoms with Gasteiger partial charge in [0.05, 0.1) is 19.3 Å². The zero-order valence-electron chi connectivity index (χ0n) is 21.2. The van der Waals surface area contributed by atoms with Gasteiger partial charge in [-0.15, -0.1) is 0 Å². The van der Waals surface area contributed by atoms with Crippen molar-refractivity contribution in [1.82, 2.24) is 10.6 Å². The number of aryl methyl sites for hydroxylation is 1. The number of ether oxygens (including phenoxy) is 1. The Morgan fingerprint density at radius 2 is 1.79 bits per heavy atom. The number of nitrogens with one attached hydrogen (secondary N) is 2. The molecular weight excluding hydrogens is 506 g/mol. The van der Waals surface area contributed by atoms with E-state index in [4.69, 9.17) is 4.74 Å². The topological polar surface area (TPSA) is 70.6 Å². The Kier molecular flexibility index (Phi) is 9.23. The van der Waals surface area contributed by atoms with Gasteiger partial charge in [0.25, 0.3) is 5.91 Å². The molecule has 1 aromatic heterocycles. The van der Waals surface area contributed by atoms with Crippen LogP contribution in [-0.2, 0) is 13.0 Å². The normalized spacial score (nSPS) is 12.7. The van der Waals surface area contributed by atoms with Gasteiger partial charge in [-0.05, 0) is 94.4 Å². The molecular formula is C30H30F2N2O3S. The van der Waals surface area contributed by atoms with Crippen LogP contribution in [0.5, 0.6) is 5.75 Å². The Hall–Kier alpha value is -3.59. The fourth-order valence-electron chi connectivity index (χ4n) is 4.32. The number of hydrogen-bond acceptors (Lipinski definition) is 5. The molecule has 0 saturated carbocycles. The van der Waals surface area contributed by atoms with Crippen molar-refractivity contribution in [2.24, 2.45) is 0 Å². The number of benzene rings is 3. The van der Waals surface area contributed by atoms with Crippen molar-refractivity contribution in [3.8, 4) is 16.9 Å². The van der Waals surface area contributed by atoms with Crippen molar-refractivity contribution >= 4 is 17.2 Å². The molecule has 3 aromatic carbocycles. The van der Waals surface area contributed by atoms with E-state index in [1.165, 1.54) is 12.1 Å². The van der Waals surface area contributed by atoms with Crippen molar-refractivity contribution in [2.45, 2.75) is 32.0 Å². The minimum atomic E-state index is -1.03. The number of aliphatic hydroxyl groups excluding tert-OH is 1. The SMILES string of the molecule is COc1cccc(CNCC(O)C(Cc2cc(F)cc(F)c2)NC(=O)c2cc(C)cc(-c3ccsc3)c2)c1. The minimum absolute atomic E-state index is 0.0473. The number of aliphatic hydroxyl groups is 1. The predicted molar refractivity (Wildman–Crippen MR) is 147 cm³/mol. The van der Waals surface area contributed by atoms with Gasteiger partial charge in [-0.2, -0.15) is 11.3 Å². The average Bonchev–Trinajstić information content (AvgIpc) is 3.43. The molecule has 2 atom stereocenters. The molecule has 8 heteroatoms. The lowest BCUT2D eigenvalue weighted by molar-refractivity contribution is 0.0829. The smallest absolute Gasteiger partial charge is 0.251 e. The maximum absolute atomic E-state index is 13.9. The molecule has 0 saturated heterocycles. The Labute approximate surface area is 225 Å². The molecule has 1 amide bonds. The van der Waals surface area contributed by atoms with E-state index in [1.807, 2.05) is 54.1 Å². The van der Waals surface area contributed by atoms with Gasteiger partial charge in [-0.3, -0.25) is 4.79 Å². The second kappa shape index (κ2) is 12.8. The van der Waals surface area contributed by atoms with Crippen LogP contribution in [0.25, 0.3) is 11.1 Å². The van der Waals surface area contributed by atoms with E-state index in [0.717, 1.165) is 34.1 Å². The van der Waals surface area contributed by atoms with E-state index in [-0.39, 0.29) is 18.9 Å². The average molecular weight is 537 g/mol. The first kappa shape index (κ1) is 27.4. The quantitative estimate of drug-likeness (QED) is 0.237. The van der Waals surface area contributed by atoms with Gasteiger partial charge in [0, 0.05) is 24.7 Å². The van der Waals surface area contributed by atoms with Crippen LogP contribution in [-0.4, -0.2) is 36.8 Å². The van der Waals surface area contributed by atoms with Gasteiger partial charge in [0.2, 0.25) is 0 Å². The lowest BCUT2D eigenvalue weighted by Crippen LogP contribution is -2.48. The van der Waals surface area contributed by atoms with E-state index in [9.17, 15) is 18.7 Å². The second-order valence-electron chi connectivity index (χ2n) is 9.21. The van der Waals surface area contributed by atoms with E-state index in [1.54, 1.807) is 30.6 Å². The summed E-state index contributed by atoms with van der Waals surface area (Å²) in [5.74, 6) is -1.08. The van der Waals surface area contributed by atoms with Crippen molar-refractivity contribution in [3.05, 3.63) is 111 Å². The molecule has 38 heavy (non-hydrogen) atoms. The summed E-state index contributed by atoms with van der Waals surface area (Å²) in [5.41, 5.74) is 4.59. The van der Waals surface area contributed by atoms with Crippen LogP contribution >= 0.6 is 11.3 Å². The summed E-state index contributed by atoms with van der Waals surface area (Å²) >= 11 is 1.57. The number of carbonyl (C=O) groups is 1. The van der Waals surface area contributed by atoms with Crippen LogP contribution < -0.4 is 15.4 Å². The highest BCUT2D eigenvalue weighted by Crippen LogP contribution is 2.25. The monoisotopic (exact) mass is 536 g/mol. The van der Waals surface area contributed by atoms with Crippen molar-refractivity contribution < 1.29 is 23.4 Å². The molecule has 0 aliphatic heterocycles. The molecule has 0 fully saturated rings. The largest absolute Gasteiger partial charge is 0.497 e. The van der Waals surface area contributed by atoms with Crippen LogP contribution in [0.4, 0.5) is 8.78 Å². The van der Waals surface area contributed by atoms with Gasteiger partial charge >= 0.3 is 0 Å². The number of hydrogen-bond donors (Lipinski definition) is 3. The third-order valence-electron chi connectivity index (χ3n) is 6.17. The molecule has 3 N–H and O–H groups in total. The summed E-state index contributed by atoms with van der Waals surface area (Å²) in [5, 5.41) is 21.1. The molecule has 2 unspecified atom stereocenters. The number of thiophene rings is 1. The Bertz CT molecular complexity index is 1360. The minimum Gasteiger partial charge on any atom is -0.497 e. The molecule has 5 nitrogen and oxygen atoms in total. The molecule has 0 aliphatic carbocycles. The van der Waals surface area contributed by atoms with Gasteiger partial charge < -0.3 is 20.5 Å². The third-order valence-corrected chi connectivity index (χ3v) is 6.85. The summed E-state index contributed by atoms with van der Waals surface area (Å²) in [6, 6.07) is 17.5. The number of halogens is 2. The first-order valence-electron chi connectivity index (χ1n) is 12.2. The molecule has 0 radical (unpaired) electrons. The van der Waals surface area contributed by atoms with Crippen molar-refractivity contribution in [3.63, 3.8) is 0 Å². The van der Waals surface area contributed by atoms with E-state index >= 15 is 0 Å². The fraction of sp³-hybridized carbons (Fsp3) is 0.233. The van der Waals surface area contributed by atoms with E-state index in [0.29, 0.717) is 17.7 Å². The molecule has 4 aromatic rings. The van der Waals surface area contributed by atoms with Crippen molar-refractivity contribution in [2.75, 3.05) is 13.7 Å². The number of rotatable bonds is 11. The Morgan fingerprint density at radius 1 is 1.00 bits per heavy atom. The van der Waals surface area contributed by atoms with E-state index in [2.05, 4.69) is 10.6 Å². The summed E-state index contributed by atoms with van der Waals surface area (Å²) in [6.07, 6.45) is -0.983. The second-order valence-corrected chi connectivity index (χ2v) is 9.99. The number of carbonyl (C=O) groups excluding carboxylic acids is 1. The highest BCUT2D eigenvalue weighted by molar-refractivity contribution is 7.08. The first-order valence-corrected chi connectivity index (χ1v) is 13.2. The number of methoxy groups -OCH3 is 1. The zero-order chi connectivity index (χ0) is 27.1. The fourth-order valence-corrected chi connectivity index (χ4v) is 4.98. The lowest BCUT2D eigenvalue weighted by Gasteiger charge is -2.25. The van der Waals surface area contributed by atoms with Gasteiger partial charge in [-0.1, -0.05) is 18.2 Å². The zero-order valence-corrected chi connectivity index (χ0v) is 22.0. The maximum atomic E-state index is 13.9. The lowest BCUT2D eigenvalue weighted by atomic mass is 9.98. The van der Waals surface area contributed by atoms with Crippen LogP contribution in [0.15, 0.2) is 77.5 Å². The summed E-state index contributed by atoms with van der Waals surface area (Å²) < 4.78 is 33.0. The van der Waals surface area contributed by atoms with E-state index < -0.39 is 23.8 Å². The summed E-state index contributed by atoms with van der Waals surface area (Å²) in [7, 11) is 1.59. The van der Waals surface area contributed by atoms with Crippen LogP contribution in [0.2, 0.25) is 0 Å². The van der Waals surface area contributed by atoms with Gasteiger partial charge in [0.15, 0.2) is 0 Å². The van der Waals surface area contributed by atoms with Crippen LogP contribution in [0.3, 0.4) is 0 Å². The summed E-state index contributed by atoms with van der Waals surface area (Å²) in [6.45, 7) is 2.52. The van der Waals surface area contributed by atoms with Gasteiger partial charge in [-0.25, -0.2) is 8.78 Å². The predicted octanol–water partition coefficient (Wildman–Crippen LogP) is 5.50. The first-order chi connectivity index (χ1) is 18.3. The van der Waals surface area contributed by atoms with Crippen LogP contribution in [0.1, 0.15) is 27.0 Å². The van der Waals surface area contributed by atoms with Crippen LogP contribution in [0, 0.1) is 18.6 Å². The van der Waals surface area contributed by atoms with Crippen molar-refractivity contribution in [1.29, 1.82) is 0 Å². The molecule has 198 valence electrons. The Balaban J connectivity index is 1.51. The van der Waals surface area contributed by atoms with Gasteiger partial charge in [0.1, 0.15) is 17.4 Å². The summed E-state index contributed by atoms with van der Waals surface area (Å²) in [4.78, 5) is 13.3. The molecule has 4 rings (SSSR count). The maximum Gasteiger partial charge on any atom is 0.251 e. The molecule has 0 aliphatic rings. The standard InChI is InChI=1S/C30H30F2N2O3S/c1-19-8-23(22-6-7-38-18-22)14-24(9-19)30(36)34-28(13-21-10-25(31)15-26(32)11-21)29(35)17-33-16-20-4-3-5-27(12-20)37-2/h3-12,14-15,18,28-29,33,35H,13,16-17H2,1-2H3,(H,34,36). The molecule has 0 spiro atoms. The molecule has 0 bridgehead atoms. The molecule has 1 heterocycles. The highest BCUT2D eigenvalue weighted by atomic mass is 32.1. The number of amides is 1. The Morgan fingerprint density at radius 3 is 2.50 bits per heavy atom. The highest BCUT2D eigenvalue weighted by Gasteiger charge is 2.23.